The van der Waals surface area contributed by atoms with E-state index in [1.165, 1.54) is 36.3 Å². The SMILES string of the molecule is CC[C@H](C)NC(=O)[C@@H](C)N(Cc1ccccc1)C(=O)CN(c1ccc(OC)c(Cl)c1)S(=O)(=O)c1ccccc1. The zero-order valence-corrected chi connectivity index (χ0v) is 24.1. The molecule has 0 saturated heterocycles. The zero-order chi connectivity index (χ0) is 28.6. The number of ether oxygens (including phenoxy) is 1. The molecule has 0 fully saturated rings. The van der Waals surface area contributed by atoms with E-state index < -0.39 is 28.5 Å². The molecule has 3 rings (SSSR count). The molecule has 0 aliphatic carbocycles. The normalized spacial score (nSPS) is 12.7. The van der Waals surface area contributed by atoms with Crippen molar-refractivity contribution in [3.8, 4) is 5.75 Å². The second-order valence-corrected chi connectivity index (χ2v) is 11.4. The lowest BCUT2D eigenvalue weighted by atomic mass is 10.1. The zero-order valence-electron chi connectivity index (χ0n) is 22.5. The molecule has 0 aliphatic heterocycles. The van der Waals surface area contributed by atoms with E-state index in [0.717, 1.165) is 16.3 Å². The summed E-state index contributed by atoms with van der Waals surface area (Å²) < 4.78 is 33.8. The third-order valence-electron chi connectivity index (χ3n) is 6.40. The average molecular weight is 572 g/mol. The van der Waals surface area contributed by atoms with E-state index in [-0.39, 0.29) is 34.1 Å². The molecule has 2 amide bonds. The van der Waals surface area contributed by atoms with Crippen molar-refractivity contribution in [2.24, 2.45) is 0 Å². The van der Waals surface area contributed by atoms with Crippen LogP contribution >= 0.6 is 11.6 Å². The molecule has 3 aromatic rings. The molecule has 10 heteroatoms. The molecule has 2 atom stereocenters. The van der Waals surface area contributed by atoms with Crippen LogP contribution in [-0.2, 0) is 26.2 Å². The molecule has 3 aromatic carbocycles. The predicted octanol–water partition coefficient (Wildman–Crippen LogP) is 4.88. The van der Waals surface area contributed by atoms with Gasteiger partial charge in [0, 0.05) is 12.6 Å². The van der Waals surface area contributed by atoms with E-state index >= 15 is 0 Å². The van der Waals surface area contributed by atoms with Gasteiger partial charge in [0.25, 0.3) is 10.0 Å². The third-order valence-corrected chi connectivity index (χ3v) is 8.48. The van der Waals surface area contributed by atoms with Gasteiger partial charge in [-0.05, 0) is 56.2 Å². The summed E-state index contributed by atoms with van der Waals surface area (Å²) in [4.78, 5) is 28.4. The Bertz CT molecular complexity index is 1370. The van der Waals surface area contributed by atoms with Crippen molar-refractivity contribution < 1.29 is 22.7 Å². The molecule has 0 aromatic heterocycles. The second-order valence-electron chi connectivity index (χ2n) is 9.14. The maximum absolute atomic E-state index is 13.9. The molecule has 0 unspecified atom stereocenters. The van der Waals surface area contributed by atoms with Gasteiger partial charge in [-0.15, -0.1) is 0 Å². The van der Waals surface area contributed by atoms with Crippen LogP contribution in [0, 0.1) is 0 Å². The maximum Gasteiger partial charge on any atom is 0.264 e. The number of halogens is 1. The van der Waals surface area contributed by atoms with E-state index in [2.05, 4.69) is 5.32 Å². The van der Waals surface area contributed by atoms with Crippen LogP contribution in [0.15, 0.2) is 83.8 Å². The lowest BCUT2D eigenvalue weighted by molar-refractivity contribution is -0.139. The van der Waals surface area contributed by atoms with Crippen molar-refractivity contribution >= 4 is 39.1 Å². The largest absolute Gasteiger partial charge is 0.495 e. The third kappa shape index (κ3) is 7.52. The topological polar surface area (TPSA) is 96.0 Å². The van der Waals surface area contributed by atoms with Crippen LogP contribution in [0.4, 0.5) is 5.69 Å². The Morgan fingerprint density at radius 1 is 0.974 bits per heavy atom. The molecular formula is C29H34ClN3O5S. The van der Waals surface area contributed by atoms with E-state index in [4.69, 9.17) is 16.3 Å². The number of rotatable bonds is 12. The van der Waals surface area contributed by atoms with Gasteiger partial charge in [-0.25, -0.2) is 8.42 Å². The van der Waals surface area contributed by atoms with Gasteiger partial charge >= 0.3 is 0 Å². The Kier molecular flexibility index (Phi) is 10.4. The van der Waals surface area contributed by atoms with Crippen LogP contribution < -0.4 is 14.4 Å². The van der Waals surface area contributed by atoms with Gasteiger partial charge in [-0.2, -0.15) is 0 Å². The number of hydrogen-bond donors (Lipinski definition) is 1. The minimum atomic E-state index is -4.17. The molecule has 1 N–H and O–H groups in total. The number of hydrogen-bond acceptors (Lipinski definition) is 5. The number of amides is 2. The first-order chi connectivity index (χ1) is 18.6. The van der Waals surface area contributed by atoms with Crippen LogP contribution in [0.5, 0.6) is 5.75 Å². The van der Waals surface area contributed by atoms with Gasteiger partial charge in [0.1, 0.15) is 18.3 Å². The number of sulfonamides is 1. The number of carbonyl (C=O) groups excluding carboxylic acids is 2. The summed E-state index contributed by atoms with van der Waals surface area (Å²) in [5.41, 5.74) is 0.994. The van der Waals surface area contributed by atoms with Crippen molar-refractivity contribution in [2.45, 2.75) is 50.7 Å². The Morgan fingerprint density at radius 3 is 2.15 bits per heavy atom. The van der Waals surface area contributed by atoms with Crippen molar-refractivity contribution in [3.05, 3.63) is 89.4 Å². The number of nitrogens with zero attached hydrogens (tertiary/aromatic N) is 2. The Morgan fingerprint density at radius 2 is 1.59 bits per heavy atom. The standard InChI is InChI=1S/C29H34ClN3O5S/c1-5-21(2)31-29(35)22(3)32(19-23-12-8-6-9-13-23)28(34)20-33(24-16-17-27(38-4)26(30)18-24)39(36,37)25-14-10-7-11-15-25/h6-18,21-22H,5,19-20H2,1-4H3,(H,31,35)/t21-,22+/m0/s1. The number of carbonyl (C=O) groups is 2. The van der Waals surface area contributed by atoms with Crippen molar-refractivity contribution in [1.82, 2.24) is 10.2 Å². The van der Waals surface area contributed by atoms with Crippen molar-refractivity contribution in [3.63, 3.8) is 0 Å². The summed E-state index contributed by atoms with van der Waals surface area (Å²) in [6.07, 6.45) is 0.729. The molecule has 0 radical (unpaired) electrons. The monoisotopic (exact) mass is 571 g/mol. The molecule has 208 valence electrons. The van der Waals surface area contributed by atoms with E-state index in [1.54, 1.807) is 31.2 Å². The molecule has 0 saturated carbocycles. The highest BCUT2D eigenvalue weighted by Gasteiger charge is 2.33. The number of anilines is 1. The summed E-state index contributed by atoms with van der Waals surface area (Å²) in [6, 6.07) is 20.7. The van der Waals surface area contributed by atoms with E-state index in [0.29, 0.717) is 5.75 Å². The molecule has 0 spiro atoms. The maximum atomic E-state index is 13.9. The first-order valence-corrected chi connectivity index (χ1v) is 14.4. The first-order valence-electron chi connectivity index (χ1n) is 12.6. The molecule has 0 bridgehead atoms. The van der Waals surface area contributed by atoms with Gasteiger partial charge in [0.15, 0.2) is 0 Å². The minimum Gasteiger partial charge on any atom is -0.495 e. The van der Waals surface area contributed by atoms with Crippen molar-refractivity contribution in [1.29, 1.82) is 0 Å². The summed E-state index contributed by atoms with van der Waals surface area (Å²) in [5, 5.41) is 3.11. The van der Waals surface area contributed by atoms with Gasteiger partial charge in [-0.1, -0.05) is 67.1 Å². The van der Waals surface area contributed by atoms with Crippen LogP contribution in [0.25, 0.3) is 0 Å². The predicted molar refractivity (Wildman–Crippen MR) is 153 cm³/mol. The van der Waals surface area contributed by atoms with Crippen LogP contribution in [-0.4, -0.2) is 50.9 Å². The molecule has 8 nitrogen and oxygen atoms in total. The quantitative estimate of drug-likeness (QED) is 0.334. The Labute approximate surface area is 235 Å². The lowest BCUT2D eigenvalue weighted by Gasteiger charge is -2.32. The van der Waals surface area contributed by atoms with Gasteiger partial charge in [0.2, 0.25) is 11.8 Å². The highest BCUT2D eigenvalue weighted by atomic mass is 35.5. The Balaban J connectivity index is 2.03. The number of methoxy groups -OCH3 is 1. The highest BCUT2D eigenvalue weighted by Crippen LogP contribution is 2.32. The van der Waals surface area contributed by atoms with Crippen LogP contribution in [0.3, 0.4) is 0 Å². The minimum absolute atomic E-state index is 0.0157. The summed E-state index contributed by atoms with van der Waals surface area (Å²) >= 11 is 6.34. The fourth-order valence-electron chi connectivity index (χ4n) is 3.89. The number of benzene rings is 3. The molecular weight excluding hydrogens is 538 g/mol. The van der Waals surface area contributed by atoms with Crippen LogP contribution in [0.1, 0.15) is 32.8 Å². The number of nitrogens with one attached hydrogen (secondary N) is 1. The van der Waals surface area contributed by atoms with Gasteiger partial charge in [-0.3, -0.25) is 13.9 Å². The van der Waals surface area contributed by atoms with Gasteiger partial charge in [0.05, 0.1) is 22.7 Å². The second kappa shape index (κ2) is 13.5. The molecule has 0 heterocycles. The lowest BCUT2D eigenvalue weighted by Crippen LogP contribution is -2.52. The summed E-state index contributed by atoms with van der Waals surface area (Å²) in [6.45, 7) is 5.05. The highest BCUT2D eigenvalue weighted by molar-refractivity contribution is 7.92. The van der Waals surface area contributed by atoms with Crippen molar-refractivity contribution in [2.75, 3.05) is 18.0 Å². The fraction of sp³-hybridized carbons (Fsp3) is 0.310. The fourth-order valence-corrected chi connectivity index (χ4v) is 5.57. The van der Waals surface area contributed by atoms with Gasteiger partial charge < -0.3 is 15.0 Å². The summed E-state index contributed by atoms with van der Waals surface area (Å²) in [7, 11) is -2.72. The summed E-state index contributed by atoms with van der Waals surface area (Å²) in [5.74, 6) is -0.500. The smallest absolute Gasteiger partial charge is 0.264 e. The average Bonchev–Trinajstić information content (AvgIpc) is 2.94. The first kappa shape index (κ1) is 30.0. The molecule has 0 aliphatic rings. The Hall–Kier alpha value is -3.56. The van der Waals surface area contributed by atoms with E-state index in [1.807, 2.05) is 44.2 Å². The van der Waals surface area contributed by atoms with E-state index in [9.17, 15) is 18.0 Å². The van der Waals surface area contributed by atoms with Crippen LogP contribution in [0.2, 0.25) is 5.02 Å². The molecule has 39 heavy (non-hydrogen) atoms.